The molecule has 16 heavy (non-hydrogen) atoms. The SMILES string of the molecule is C#Cc1ccc(-c2ccc(Cl)c(F)c2)nc1. The first kappa shape index (κ1) is 10.7. The lowest BCUT2D eigenvalue weighted by atomic mass is 10.1. The van der Waals surface area contributed by atoms with E-state index in [0.717, 1.165) is 0 Å². The molecule has 0 aliphatic rings. The van der Waals surface area contributed by atoms with Crippen LogP contribution < -0.4 is 0 Å². The Kier molecular flexibility index (Phi) is 2.89. The standard InChI is InChI=1S/C13H7ClFN/c1-2-9-3-6-13(16-8-9)10-4-5-11(14)12(15)7-10/h1,3-8H. The van der Waals surface area contributed by atoms with E-state index in [9.17, 15) is 4.39 Å². The number of nitrogens with zero attached hydrogens (tertiary/aromatic N) is 1. The highest BCUT2D eigenvalue weighted by atomic mass is 35.5. The molecule has 0 aliphatic carbocycles. The molecule has 0 radical (unpaired) electrons. The molecule has 0 spiro atoms. The van der Waals surface area contributed by atoms with Gasteiger partial charge in [0.25, 0.3) is 0 Å². The van der Waals surface area contributed by atoms with Gasteiger partial charge in [-0.05, 0) is 24.3 Å². The maximum absolute atomic E-state index is 13.2. The molecule has 0 bridgehead atoms. The quantitative estimate of drug-likeness (QED) is 0.685. The second-order valence-corrected chi connectivity index (χ2v) is 3.61. The number of rotatable bonds is 1. The highest BCUT2D eigenvalue weighted by Crippen LogP contribution is 2.22. The number of halogens is 2. The van der Waals surface area contributed by atoms with Crippen LogP contribution in [0.5, 0.6) is 0 Å². The van der Waals surface area contributed by atoms with Gasteiger partial charge in [-0.15, -0.1) is 6.42 Å². The van der Waals surface area contributed by atoms with Crippen molar-refractivity contribution in [2.24, 2.45) is 0 Å². The van der Waals surface area contributed by atoms with Crippen molar-refractivity contribution in [3.05, 3.63) is 52.9 Å². The fourth-order valence-corrected chi connectivity index (χ4v) is 1.42. The van der Waals surface area contributed by atoms with Crippen molar-refractivity contribution in [1.29, 1.82) is 0 Å². The van der Waals surface area contributed by atoms with Crippen molar-refractivity contribution >= 4 is 11.6 Å². The third kappa shape index (κ3) is 2.05. The topological polar surface area (TPSA) is 12.9 Å². The summed E-state index contributed by atoms with van der Waals surface area (Å²) in [6.45, 7) is 0. The van der Waals surface area contributed by atoms with Crippen LogP contribution in [0.15, 0.2) is 36.5 Å². The number of benzene rings is 1. The van der Waals surface area contributed by atoms with Gasteiger partial charge in [0.05, 0.1) is 10.7 Å². The predicted molar refractivity (Wildman–Crippen MR) is 62.6 cm³/mol. The Morgan fingerprint density at radius 2 is 2.06 bits per heavy atom. The van der Waals surface area contributed by atoms with Crippen LogP contribution in [0.4, 0.5) is 4.39 Å². The van der Waals surface area contributed by atoms with Gasteiger partial charge in [0.15, 0.2) is 0 Å². The molecule has 0 fully saturated rings. The minimum Gasteiger partial charge on any atom is -0.255 e. The molecule has 2 rings (SSSR count). The maximum atomic E-state index is 13.2. The van der Waals surface area contributed by atoms with E-state index in [1.54, 1.807) is 24.4 Å². The van der Waals surface area contributed by atoms with Gasteiger partial charge in [0.1, 0.15) is 5.82 Å². The zero-order valence-corrected chi connectivity index (χ0v) is 9.00. The van der Waals surface area contributed by atoms with Crippen molar-refractivity contribution in [3.63, 3.8) is 0 Å². The molecule has 0 saturated carbocycles. The summed E-state index contributed by atoms with van der Waals surface area (Å²) in [7, 11) is 0. The van der Waals surface area contributed by atoms with Crippen molar-refractivity contribution in [2.75, 3.05) is 0 Å². The van der Waals surface area contributed by atoms with E-state index in [0.29, 0.717) is 16.8 Å². The van der Waals surface area contributed by atoms with E-state index in [-0.39, 0.29) is 5.02 Å². The Hall–Kier alpha value is -1.85. The third-order valence-corrected chi connectivity index (χ3v) is 2.45. The van der Waals surface area contributed by atoms with Gasteiger partial charge in [0, 0.05) is 17.3 Å². The molecular weight excluding hydrogens is 225 g/mol. The number of aromatic nitrogens is 1. The average Bonchev–Trinajstić information content (AvgIpc) is 2.33. The zero-order chi connectivity index (χ0) is 11.5. The van der Waals surface area contributed by atoms with E-state index in [1.165, 1.54) is 12.1 Å². The number of pyridine rings is 1. The Morgan fingerprint density at radius 3 is 2.62 bits per heavy atom. The average molecular weight is 232 g/mol. The molecule has 0 atom stereocenters. The third-order valence-electron chi connectivity index (χ3n) is 2.15. The van der Waals surface area contributed by atoms with Crippen molar-refractivity contribution in [3.8, 4) is 23.6 Å². The van der Waals surface area contributed by atoms with Crippen LogP contribution in [0, 0.1) is 18.2 Å². The van der Waals surface area contributed by atoms with E-state index in [2.05, 4.69) is 10.9 Å². The molecule has 1 heterocycles. The number of terminal acetylenes is 1. The van der Waals surface area contributed by atoms with Crippen LogP contribution in [-0.4, -0.2) is 4.98 Å². The largest absolute Gasteiger partial charge is 0.255 e. The molecule has 1 nitrogen and oxygen atoms in total. The fraction of sp³-hybridized carbons (Fsp3) is 0. The van der Waals surface area contributed by atoms with Gasteiger partial charge in [-0.3, -0.25) is 4.98 Å². The lowest BCUT2D eigenvalue weighted by molar-refractivity contribution is 0.628. The molecule has 78 valence electrons. The summed E-state index contributed by atoms with van der Waals surface area (Å²) in [6, 6.07) is 8.07. The smallest absolute Gasteiger partial charge is 0.142 e. The van der Waals surface area contributed by atoms with E-state index in [4.69, 9.17) is 18.0 Å². The highest BCUT2D eigenvalue weighted by molar-refractivity contribution is 6.30. The van der Waals surface area contributed by atoms with Gasteiger partial charge in [-0.1, -0.05) is 23.6 Å². The summed E-state index contributed by atoms with van der Waals surface area (Å²) in [5.74, 6) is 2.01. The first-order valence-electron chi connectivity index (χ1n) is 4.59. The summed E-state index contributed by atoms with van der Waals surface area (Å²) >= 11 is 5.59. The minimum atomic E-state index is -0.456. The molecule has 0 amide bonds. The fourth-order valence-electron chi connectivity index (χ4n) is 1.31. The number of hydrogen-bond donors (Lipinski definition) is 0. The summed E-state index contributed by atoms with van der Waals surface area (Å²) in [5, 5.41) is 0.101. The normalized spacial score (nSPS) is 9.81. The van der Waals surface area contributed by atoms with Crippen LogP contribution >= 0.6 is 11.6 Å². The first-order valence-corrected chi connectivity index (χ1v) is 4.96. The summed E-state index contributed by atoms with van der Waals surface area (Å²) in [6.07, 6.45) is 6.79. The van der Waals surface area contributed by atoms with Gasteiger partial charge in [0.2, 0.25) is 0 Å². The summed E-state index contributed by atoms with van der Waals surface area (Å²) < 4.78 is 13.2. The molecule has 1 aromatic heterocycles. The van der Waals surface area contributed by atoms with Gasteiger partial charge in [-0.2, -0.15) is 0 Å². The first-order chi connectivity index (χ1) is 7.70. The van der Waals surface area contributed by atoms with Crippen molar-refractivity contribution < 1.29 is 4.39 Å². The molecule has 3 heteroatoms. The van der Waals surface area contributed by atoms with Crippen LogP contribution in [0.3, 0.4) is 0 Å². The van der Waals surface area contributed by atoms with E-state index >= 15 is 0 Å². The lowest BCUT2D eigenvalue weighted by Crippen LogP contribution is -1.86. The molecule has 0 aliphatic heterocycles. The van der Waals surface area contributed by atoms with Crippen LogP contribution in [0.2, 0.25) is 5.02 Å². The molecule has 0 unspecified atom stereocenters. The van der Waals surface area contributed by atoms with Crippen molar-refractivity contribution in [1.82, 2.24) is 4.98 Å². The Balaban J connectivity index is 2.43. The maximum Gasteiger partial charge on any atom is 0.142 e. The van der Waals surface area contributed by atoms with Crippen LogP contribution in [-0.2, 0) is 0 Å². The minimum absolute atomic E-state index is 0.101. The summed E-state index contributed by atoms with van der Waals surface area (Å²) in [4.78, 5) is 4.14. The Labute approximate surface area is 97.9 Å². The molecule has 0 N–H and O–H groups in total. The lowest BCUT2D eigenvalue weighted by Gasteiger charge is -2.02. The van der Waals surface area contributed by atoms with E-state index in [1.807, 2.05) is 0 Å². The molecule has 1 aromatic carbocycles. The monoisotopic (exact) mass is 231 g/mol. The van der Waals surface area contributed by atoms with Crippen molar-refractivity contribution in [2.45, 2.75) is 0 Å². The van der Waals surface area contributed by atoms with Gasteiger partial charge < -0.3 is 0 Å². The van der Waals surface area contributed by atoms with Gasteiger partial charge in [-0.25, -0.2) is 4.39 Å². The second-order valence-electron chi connectivity index (χ2n) is 3.21. The molecule has 0 saturated heterocycles. The van der Waals surface area contributed by atoms with E-state index < -0.39 is 5.82 Å². The second kappa shape index (κ2) is 4.34. The van der Waals surface area contributed by atoms with Crippen LogP contribution in [0.25, 0.3) is 11.3 Å². The van der Waals surface area contributed by atoms with Gasteiger partial charge >= 0.3 is 0 Å². The Morgan fingerprint density at radius 1 is 1.25 bits per heavy atom. The molecule has 2 aromatic rings. The molecular formula is C13H7ClFN. The number of hydrogen-bond acceptors (Lipinski definition) is 1. The Bertz CT molecular complexity index is 555. The zero-order valence-electron chi connectivity index (χ0n) is 8.24. The predicted octanol–water partition coefficient (Wildman–Crippen LogP) is 3.52. The highest BCUT2D eigenvalue weighted by Gasteiger charge is 2.03. The van der Waals surface area contributed by atoms with Crippen LogP contribution in [0.1, 0.15) is 5.56 Å². The summed E-state index contributed by atoms with van der Waals surface area (Å²) in [5.41, 5.74) is 2.03.